The molecule has 0 fully saturated rings. The normalized spacial score (nSPS) is 14.9. The summed E-state index contributed by atoms with van der Waals surface area (Å²) in [5.41, 5.74) is 5.80. The molecule has 2 unspecified atom stereocenters. The van der Waals surface area contributed by atoms with Crippen molar-refractivity contribution in [2.45, 2.75) is 58.5 Å². The Bertz CT molecular complexity index is 195. The summed E-state index contributed by atoms with van der Waals surface area (Å²) in [6, 6.07) is -0.00161. The van der Waals surface area contributed by atoms with Gasteiger partial charge in [0, 0.05) is 25.1 Å². The van der Waals surface area contributed by atoms with Gasteiger partial charge in [0.05, 0.1) is 0 Å². The summed E-state index contributed by atoms with van der Waals surface area (Å²) >= 11 is 0. The van der Waals surface area contributed by atoms with Crippen molar-refractivity contribution in [1.82, 2.24) is 5.32 Å². The van der Waals surface area contributed by atoms with Crippen LogP contribution in [0.3, 0.4) is 0 Å². The first-order valence-corrected chi connectivity index (χ1v) is 6.17. The third-order valence-electron chi connectivity index (χ3n) is 2.70. The monoisotopic (exact) mass is 230 g/mol. The molecule has 0 saturated carbocycles. The lowest BCUT2D eigenvalue weighted by atomic mass is 10.0. The molecule has 0 rings (SSSR count). The van der Waals surface area contributed by atoms with E-state index in [1.54, 1.807) is 0 Å². The number of aliphatic hydroxyl groups is 1. The summed E-state index contributed by atoms with van der Waals surface area (Å²) in [6.07, 6.45) is 2.85. The van der Waals surface area contributed by atoms with Crippen LogP contribution in [0.25, 0.3) is 0 Å². The van der Waals surface area contributed by atoms with Gasteiger partial charge >= 0.3 is 0 Å². The van der Waals surface area contributed by atoms with E-state index in [0.717, 1.165) is 12.8 Å². The molecule has 0 spiro atoms. The lowest BCUT2D eigenvalue weighted by Crippen LogP contribution is -2.41. The minimum absolute atomic E-state index is 0.00639. The van der Waals surface area contributed by atoms with Gasteiger partial charge in [0.1, 0.15) is 0 Å². The fourth-order valence-electron chi connectivity index (χ4n) is 1.69. The molecule has 4 heteroatoms. The van der Waals surface area contributed by atoms with Crippen molar-refractivity contribution in [3.63, 3.8) is 0 Å². The van der Waals surface area contributed by atoms with Gasteiger partial charge in [-0.1, -0.05) is 27.2 Å². The lowest BCUT2D eigenvalue weighted by Gasteiger charge is -2.22. The molecular weight excluding hydrogens is 204 g/mol. The van der Waals surface area contributed by atoms with Crippen LogP contribution in [0.2, 0.25) is 0 Å². The molecule has 2 atom stereocenters. The van der Waals surface area contributed by atoms with Crippen LogP contribution in [-0.2, 0) is 4.79 Å². The Morgan fingerprint density at radius 2 is 2.00 bits per heavy atom. The zero-order chi connectivity index (χ0) is 12.6. The first-order valence-electron chi connectivity index (χ1n) is 6.17. The molecule has 0 aliphatic carbocycles. The Labute approximate surface area is 98.6 Å². The molecule has 0 bridgehead atoms. The van der Waals surface area contributed by atoms with Gasteiger partial charge < -0.3 is 16.2 Å². The molecule has 16 heavy (non-hydrogen) atoms. The molecule has 0 aliphatic heterocycles. The summed E-state index contributed by atoms with van der Waals surface area (Å²) in [6.45, 7) is 6.23. The van der Waals surface area contributed by atoms with E-state index in [2.05, 4.69) is 12.2 Å². The smallest absolute Gasteiger partial charge is 0.221 e. The number of rotatable bonds is 8. The Morgan fingerprint density at radius 3 is 2.44 bits per heavy atom. The summed E-state index contributed by atoms with van der Waals surface area (Å²) < 4.78 is 0. The average Bonchev–Trinajstić information content (AvgIpc) is 2.16. The third-order valence-corrected chi connectivity index (χ3v) is 2.70. The second-order valence-corrected chi connectivity index (χ2v) is 4.68. The maximum atomic E-state index is 11.6. The molecule has 0 aromatic carbocycles. The number of amides is 1. The largest absolute Gasteiger partial charge is 0.396 e. The zero-order valence-electron chi connectivity index (χ0n) is 10.7. The van der Waals surface area contributed by atoms with Gasteiger partial charge in [0.25, 0.3) is 0 Å². The minimum Gasteiger partial charge on any atom is -0.396 e. The van der Waals surface area contributed by atoms with Crippen LogP contribution in [0.4, 0.5) is 0 Å². The van der Waals surface area contributed by atoms with E-state index in [1.165, 1.54) is 0 Å². The zero-order valence-corrected chi connectivity index (χ0v) is 10.7. The predicted octanol–water partition coefficient (Wildman–Crippen LogP) is 1.03. The number of hydrogen-bond donors (Lipinski definition) is 3. The molecule has 0 aliphatic rings. The molecular formula is C12H26N2O2. The molecule has 0 aromatic heterocycles. The Morgan fingerprint density at radius 1 is 1.38 bits per heavy atom. The van der Waals surface area contributed by atoms with Crippen LogP contribution >= 0.6 is 0 Å². The molecule has 0 heterocycles. The Hall–Kier alpha value is -0.610. The van der Waals surface area contributed by atoms with E-state index in [0.29, 0.717) is 18.8 Å². The van der Waals surface area contributed by atoms with E-state index in [9.17, 15) is 4.79 Å². The van der Waals surface area contributed by atoms with Crippen molar-refractivity contribution in [1.29, 1.82) is 0 Å². The van der Waals surface area contributed by atoms with Gasteiger partial charge in [0.2, 0.25) is 5.91 Å². The van der Waals surface area contributed by atoms with E-state index in [1.807, 2.05) is 13.8 Å². The van der Waals surface area contributed by atoms with E-state index in [-0.39, 0.29) is 24.6 Å². The molecule has 0 radical (unpaired) electrons. The predicted molar refractivity (Wildman–Crippen MR) is 66.0 cm³/mol. The number of nitrogens with one attached hydrogen (secondary N) is 1. The van der Waals surface area contributed by atoms with Crippen LogP contribution in [0, 0.1) is 5.92 Å². The van der Waals surface area contributed by atoms with Crippen molar-refractivity contribution in [2.24, 2.45) is 11.7 Å². The van der Waals surface area contributed by atoms with Gasteiger partial charge in [-0.2, -0.15) is 0 Å². The second-order valence-electron chi connectivity index (χ2n) is 4.68. The first-order chi connectivity index (χ1) is 7.51. The molecule has 4 N–H and O–H groups in total. The summed E-state index contributed by atoms with van der Waals surface area (Å²) in [5.74, 6) is 0.326. The number of carbonyl (C=O) groups is 1. The quantitative estimate of drug-likeness (QED) is 0.583. The highest BCUT2D eigenvalue weighted by atomic mass is 16.3. The molecule has 96 valence electrons. The molecule has 0 aromatic rings. The molecule has 1 amide bonds. The van der Waals surface area contributed by atoms with Crippen LogP contribution in [0.15, 0.2) is 0 Å². The summed E-state index contributed by atoms with van der Waals surface area (Å²) in [5, 5.41) is 11.8. The maximum absolute atomic E-state index is 11.6. The van der Waals surface area contributed by atoms with Crippen molar-refractivity contribution >= 4 is 5.91 Å². The number of hydrogen-bond acceptors (Lipinski definition) is 3. The Kier molecular flexibility index (Phi) is 8.21. The maximum Gasteiger partial charge on any atom is 0.221 e. The average molecular weight is 230 g/mol. The van der Waals surface area contributed by atoms with Gasteiger partial charge in [0.15, 0.2) is 0 Å². The highest BCUT2D eigenvalue weighted by Gasteiger charge is 2.16. The van der Waals surface area contributed by atoms with Crippen molar-refractivity contribution in [2.75, 3.05) is 6.61 Å². The minimum atomic E-state index is -0.0491. The number of aliphatic hydroxyl groups excluding tert-OH is 1. The van der Waals surface area contributed by atoms with E-state index >= 15 is 0 Å². The van der Waals surface area contributed by atoms with Crippen molar-refractivity contribution in [3.8, 4) is 0 Å². The van der Waals surface area contributed by atoms with E-state index in [4.69, 9.17) is 10.8 Å². The van der Waals surface area contributed by atoms with Gasteiger partial charge in [-0.05, 0) is 18.8 Å². The standard InChI is InChI=1S/C12H26N2O2/c1-4-5-10(13)8-12(16)14-11(6-7-15)9(2)3/h9-11,15H,4-8,13H2,1-3H3,(H,14,16). The SMILES string of the molecule is CCCC(N)CC(=O)NC(CCO)C(C)C. The number of nitrogens with two attached hydrogens (primary N) is 1. The van der Waals surface area contributed by atoms with Crippen LogP contribution in [0.1, 0.15) is 46.5 Å². The Balaban J connectivity index is 3.99. The molecule has 4 nitrogen and oxygen atoms in total. The van der Waals surface area contributed by atoms with Crippen LogP contribution < -0.4 is 11.1 Å². The number of carbonyl (C=O) groups excluding carboxylic acids is 1. The highest BCUT2D eigenvalue weighted by molar-refractivity contribution is 5.76. The third kappa shape index (κ3) is 6.80. The van der Waals surface area contributed by atoms with Gasteiger partial charge in [-0.15, -0.1) is 0 Å². The van der Waals surface area contributed by atoms with Gasteiger partial charge in [-0.3, -0.25) is 4.79 Å². The highest BCUT2D eigenvalue weighted by Crippen LogP contribution is 2.06. The first kappa shape index (κ1) is 15.4. The second kappa shape index (κ2) is 8.53. The topological polar surface area (TPSA) is 75.4 Å². The lowest BCUT2D eigenvalue weighted by molar-refractivity contribution is -0.122. The van der Waals surface area contributed by atoms with Gasteiger partial charge in [-0.25, -0.2) is 0 Å². The fourth-order valence-corrected chi connectivity index (χ4v) is 1.69. The van der Waals surface area contributed by atoms with Crippen molar-refractivity contribution in [3.05, 3.63) is 0 Å². The van der Waals surface area contributed by atoms with Crippen LogP contribution in [0.5, 0.6) is 0 Å². The summed E-state index contributed by atoms with van der Waals surface area (Å²) in [4.78, 5) is 11.6. The van der Waals surface area contributed by atoms with E-state index < -0.39 is 0 Å². The molecule has 0 saturated heterocycles. The van der Waals surface area contributed by atoms with Crippen molar-refractivity contribution < 1.29 is 9.90 Å². The fraction of sp³-hybridized carbons (Fsp3) is 0.917. The van der Waals surface area contributed by atoms with Crippen LogP contribution in [-0.4, -0.2) is 29.7 Å². The summed E-state index contributed by atoms with van der Waals surface area (Å²) in [7, 11) is 0.